The molecule has 0 spiro atoms. The highest BCUT2D eigenvalue weighted by Crippen LogP contribution is 2.12. The molecule has 166 valence electrons. The summed E-state index contributed by atoms with van der Waals surface area (Å²) in [4.78, 5) is 35.7. The third-order valence-electron chi connectivity index (χ3n) is 3.88. The summed E-state index contributed by atoms with van der Waals surface area (Å²) in [5.41, 5.74) is 1.84. The van der Waals surface area contributed by atoms with Gasteiger partial charge in [-0.1, -0.05) is 29.8 Å². The number of hydrogen-bond acceptors (Lipinski definition) is 5. The summed E-state index contributed by atoms with van der Waals surface area (Å²) in [6.07, 6.45) is -0.660. The molecule has 31 heavy (non-hydrogen) atoms. The number of aryl methyl sites for hydroxylation is 1. The van der Waals surface area contributed by atoms with Gasteiger partial charge in [-0.15, -0.1) is 0 Å². The number of carbonyl (C=O) groups excluding carboxylic acids is 3. The van der Waals surface area contributed by atoms with Gasteiger partial charge in [-0.05, 0) is 57.5 Å². The molecular weight excluding hydrogens is 398 g/mol. The number of amides is 3. The van der Waals surface area contributed by atoms with Crippen LogP contribution < -0.4 is 20.7 Å². The first-order valence-electron chi connectivity index (χ1n) is 9.92. The number of rotatable bonds is 8. The Morgan fingerprint density at radius 2 is 1.65 bits per heavy atom. The van der Waals surface area contributed by atoms with Crippen LogP contribution in [0.25, 0.3) is 0 Å². The molecular formula is C23H29N3O5. The standard InChI is InChI=1S/C23H29N3O5/c1-16-8-10-19(11-9-16)30-15-21(28)24-13-17-6-5-7-18(12-17)26-20(27)14-25-22(29)31-23(2,3)4/h5-12H,13-15H2,1-4H3,(H,24,28)(H,25,29)(H,26,27). The highest BCUT2D eigenvalue weighted by atomic mass is 16.6. The largest absolute Gasteiger partial charge is 0.484 e. The second-order valence-electron chi connectivity index (χ2n) is 7.98. The van der Waals surface area contributed by atoms with Gasteiger partial charge >= 0.3 is 6.09 Å². The smallest absolute Gasteiger partial charge is 0.408 e. The fourth-order valence-electron chi connectivity index (χ4n) is 2.47. The summed E-state index contributed by atoms with van der Waals surface area (Å²) in [6, 6.07) is 14.5. The van der Waals surface area contributed by atoms with Crippen LogP contribution in [-0.4, -0.2) is 36.7 Å². The number of anilines is 1. The number of carbonyl (C=O) groups is 3. The Balaban J connectivity index is 1.75. The van der Waals surface area contributed by atoms with Crippen molar-refractivity contribution in [1.29, 1.82) is 0 Å². The monoisotopic (exact) mass is 427 g/mol. The van der Waals surface area contributed by atoms with Crippen molar-refractivity contribution >= 4 is 23.6 Å². The van der Waals surface area contributed by atoms with Gasteiger partial charge in [-0.25, -0.2) is 4.79 Å². The van der Waals surface area contributed by atoms with E-state index >= 15 is 0 Å². The summed E-state index contributed by atoms with van der Waals surface area (Å²) in [5.74, 6) is -0.0134. The highest BCUT2D eigenvalue weighted by molar-refractivity contribution is 5.93. The van der Waals surface area contributed by atoms with E-state index in [4.69, 9.17) is 9.47 Å². The Bertz CT molecular complexity index is 904. The van der Waals surface area contributed by atoms with Gasteiger partial charge in [0.15, 0.2) is 6.61 Å². The Labute approximate surface area is 182 Å². The minimum Gasteiger partial charge on any atom is -0.484 e. The van der Waals surface area contributed by atoms with E-state index in [0.717, 1.165) is 11.1 Å². The van der Waals surface area contributed by atoms with Crippen molar-refractivity contribution in [3.05, 3.63) is 59.7 Å². The van der Waals surface area contributed by atoms with Crippen LogP contribution in [0.15, 0.2) is 48.5 Å². The molecule has 3 N–H and O–H groups in total. The first-order valence-corrected chi connectivity index (χ1v) is 9.92. The van der Waals surface area contributed by atoms with Crippen LogP contribution in [0.1, 0.15) is 31.9 Å². The van der Waals surface area contributed by atoms with Crippen LogP contribution in [0.2, 0.25) is 0 Å². The first kappa shape index (κ1) is 23.7. The van der Waals surface area contributed by atoms with Crippen LogP contribution in [-0.2, 0) is 20.9 Å². The molecule has 0 radical (unpaired) electrons. The molecule has 3 amide bonds. The third-order valence-corrected chi connectivity index (χ3v) is 3.88. The van der Waals surface area contributed by atoms with Crippen molar-refractivity contribution in [2.24, 2.45) is 0 Å². The molecule has 0 aromatic heterocycles. The maximum Gasteiger partial charge on any atom is 0.408 e. The van der Waals surface area contributed by atoms with Gasteiger partial charge in [0.05, 0.1) is 0 Å². The minimum atomic E-state index is -0.660. The summed E-state index contributed by atoms with van der Waals surface area (Å²) in [5, 5.41) is 7.87. The predicted molar refractivity (Wildman–Crippen MR) is 118 cm³/mol. The predicted octanol–water partition coefficient (Wildman–Crippen LogP) is 3.15. The van der Waals surface area contributed by atoms with Crippen LogP contribution >= 0.6 is 0 Å². The molecule has 2 aromatic carbocycles. The SMILES string of the molecule is Cc1ccc(OCC(=O)NCc2cccc(NC(=O)CNC(=O)OC(C)(C)C)c2)cc1. The molecule has 0 heterocycles. The molecule has 0 aliphatic carbocycles. The zero-order valence-corrected chi connectivity index (χ0v) is 18.3. The van der Waals surface area contributed by atoms with E-state index in [9.17, 15) is 14.4 Å². The van der Waals surface area contributed by atoms with Gasteiger partial charge in [0.2, 0.25) is 5.91 Å². The van der Waals surface area contributed by atoms with Crippen molar-refractivity contribution in [1.82, 2.24) is 10.6 Å². The molecule has 8 heteroatoms. The molecule has 0 bridgehead atoms. The Morgan fingerprint density at radius 1 is 0.935 bits per heavy atom. The fourth-order valence-corrected chi connectivity index (χ4v) is 2.47. The number of benzene rings is 2. The third kappa shape index (κ3) is 9.66. The minimum absolute atomic E-state index is 0.0875. The number of ether oxygens (including phenoxy) is 2. The molecule has 2 aromatic rings. The molecule has 8 nitrogen and oxygen atoms in total. The lowest BCUT2D eigenvalue weighted by atomic mass is 10.2. The molecule has 0 saturated heterocycles. The molecule has 0 aliphatic heterocycles. The van der Waals surface area contributed by atoms with Crippen LogP contribution in [0.5, 0.6) is 5.75 Å². The molecule has 0 atom stereocenters. The molecule has 0 saturated carbocycles. The maximum absolute atomic E-state index is 12.0. The zero-order valence-electron chi connectivity index (χ0n) is 18.3. The quantitative estimate of drug-likeness (QED) is 0.600. The summed E-state index contributed by atoms with van der Waals surface area (Å²) in [7, 11) is 0. The van der Waals surface area contributed by atoms with E-state index in [-0.39, 0.29) is 25.6 Å². The lowest BCUT2D eigenvalue weighted by Crippen LogP contribution is -2.37. The van der Waals surface area contributed by atoms with E-state index in [1.165, 1.54) is 0 Å². The van der Waals surface area contributed by atoms with Crippen LogP contribution in [0.4, 0.5) is 10.5 Å². The van der Waals surface area contributed by atoms with Crippen molar-refractivity contribution < 1.29 is 23.9 Å². The van der Waals surface area contributed by atoms with E-state index in [1.807, 2.05) is 37.3 Å². The Kier molecular flexibility index (Phi) is 8.43. The van der Waals surface area contributed by atoms with E-state index in [0.29, 0.717) is 11.4 Å². The fraction of sp³-hybridized carbons (Fsp3) is 0.348. The molecule has 0 unspecified atom stereocenters. The van der Waals surface area contributed by atoms with Crippen molar-refractivity contribution in [3.63, 3.8) is 0 Å². The van der Waals surface area contributed by atoms with Gasteiger partial charge in [0, 0.05) is 12.2 Å². The van der Waals surface area contributed by atoms with Crippen LogP contribution in [0.3, 0.4) is 0 Å². The summed E-state index contributed by atoms with van der Waals surface area (Å²) in [6.45, 7) is 7.19. The highest BCUT2D eigenvalue weighted by Gasteiger charge is 2.16. The zero-order chi connectivity index (χ0) is 22.9. The van der Waals surface area contributed by atoms with E-state index < -0.39 is 17.6 Å². The van der Waals surface area contributed by atoms with Crippen molar-refractivity contribution in [3.8, 4) is 5.75 Å². The van der Waals surface area contributed by atoms with Crippen molar-refractivity contribution in [2.75, 3.05) is 18.5 Å². The van der Waals surface area contributed by atoms with Gasteiger partial charge < -0.3 is 25.4 Å². The Hall–Kier alpha value is -3.55. The van der Waals surface area contributed by atoms with E-state index in [1.54, 1.807) is 39.0 Å². The number of alkyl carbamates (subject to hydrolysis) is 1. The van der Waals surface area contributed by atoms with Gasteiger partial charge in [0.25, 0.3) is 5.91 Å². The maximum atomic E-state index is 12.0. The number of nitrogens with one attached hydrogen (secondary N) is 3. The topological polar surface area (TPSA) is 106 Å². The lowest BCUT2D eigenvalue weighted by molar-refractivity contribution is -0.123. The first-order chi connectivity index (χ1) is 14.6. The molecule has 0 aliphatic rings. The second-order valence-corrected chi connectivity index (χ2v) is 7.98. The second kappa shape index (κ2) is 11.0. The van der Waals surface area contributed by atoms with E-state index in [2.05, 4.69) is 16.0 Å². The molecule has 0 fully saturated rings. The average molecular weight is 428 g/mol. The summed E-state index contributed by atoms with van der Waals surface area (Å²) >= 11 is 0. The van der Waals surface area contributed by atoms with Crippen molar-refractivity contribution in [2.45, 2.75) is 39.8 Å². The molecule has 2 rings (SSSR count). The number of hydrogen-bond donors (Lipinski definition) is 3. The van der Waals surface area contributed by atoms with Crippen LogP contribution in [0, 0.1) is 6.92 Å². The normalized spacial score (nSPS) is 10.7. The Morgan fingerprint density at radius 3 is 2.32 bits per heavy atom. The van der Waals surface area contributed by atoms with Gasteiger partial charge in [0.1, 0.15) is 17.9 Å². The van der Waals surface area contributed by atoms with Gasteiger partial charge in [-0.2, -0.15) is 0 Å². The summed E-state index contributed by atoms with van der Waals surface area (Å²) < 4.78 is 10.5. The average Bonchev–Trinajstić information content (AvgIpc) is 2.69. The lowest BCUT2D eigenvalue weighted by Gasteiger charge is -2.19. The van der Waals surface area contributed by atoms with Gasteiger partial charge in [-0.3, -0.25) is 9.59 Å².